The van der Waals surface area contributed by atoms with Crippen molar-refractivity contribution >= 4 is 0 Å². The molecular weight excluding hydrogens is 190 g/mol. The quantitative estimate of drug-likeness (QED) is 0.790. The fourth-order valence-corrected chi connectivity index (χ4v) is 1.93. The van der Waals surface area contributed by atoms with Crippen LogP contribution in [0.25, 0.3) is 0 Å². The van der Waals surface area contributed by atoms with E-state index < -0.39 is 0 Å². The van der Waals surface area contributed by atoms with Crippen molar-refractivity contribution in [3.63, 3.8) is 0 Å². The standard InChI is InChI=1S/C11H19N3O/c1-9(11-4-5-13-14-11)12-7-10-3-2-6-15-8-10/h4-5,9-10,12H,2-3,6-8H2,1H3,(H,13,14). The van der Waals surface area contributed by atoms with E-state index in [-0.39, 0.29) is 0 Å². The summed E-state index contributed by atoms with van der Waals surface area (Å²) in [5, 5.41) is 10.4. The van der Waals surface area contributed by atoms with E-state index in [1.807, 2.05) is 6.07 Å². The van der Waals surface area contributed by atoms with Crippen molar-refractivity contribution in [2.24, 2.45) is 5.92 Å². The van der Waals surface area contributed by atoms with Gasteiger partial charge in [0.2, 0.25) is 0 Å². The molecule has 1 saturated heterocycles. The molecule has 2 heterocycles. The summed E-state index contributed by atoms with van der Waals surface area (Å²) < 4.78 is 5.44. The maximum Gasteiger partial charge on any atom is 0.0518 e. The fraction of sp³-hybridized carbons (Fsp3) is 0.727. The lowest BCUT2D eigenvalue weighted by molar-refractivity contribution is 0.0539. The molecule has 0 aliphatic carbocycles. The van der Waals surface area contributed by atoms with Crippen molar-refractivity contribution in [2.75, 3.05) is 19.8 Å². The third-order valence-corrected chi connectivity index (χ3v) is 2.96. The highest BCUT2D eigenvalue weighted by Crippen LogP contribution is 2.14. The molecular formula is C11H19N3O. The average molecular weight is 209 g/mol. The molecule has 4 nitrogen and oxygen atoms in total. The van der Waals surface area contributed by atoms with Crippen LogP contribution in [0, 0.1) is 5.92 Å². The summed E-state index contributed by atoms with van der Waals surface area (Å²) in [6.45, 7) is 5.02. The average Bonchev–Trinajstić information content (AvgIpc) is 2.81. The molecule has 0 amide bonds. The number of hydrogen-bond donors (Lipinski definition) is 2. The van der Waals surface area contributed by atoms with Crippen LogP contribution in [-0.4, -0.2) is 30.0 Å². The van der Waals surface area contributed by atoms with E-state index in [4.69, 9.17) is 4.74 Å². The van der Waals surface area contributed by atoms with Crippen molar-refractivity contribution in [1.82, 2.24) is 15.5 Å². The van der Waals surface area contributed by atoms with Gasteiger partial charge in [-0.05, 0) is 31.7 Å². The second-order valence-corrected chi connectivity index (χ2v) is 4.23. The van der Waals surface area contributed by atoms with Crippen molar-refractivity contribution in [3.05, 3.63) is 18.0 Å². The van der Waals surface area contributed by atoms with Crippen molar-refractivity contribution in [1.29, 1.82) is 0 Å². The molecule has 2 N–H and O–H groups in total. The Morgan fingerprint density at radius 2 is 2.67 bits per heavy atom. The summed E-state index contributed by atoms with van der Waals surface area (Å²) in [6, 6.07) is 2.35. The summed E-state index contributed by atoms with van der Waals surface area (Å²) >= 11 is 0. The Labute approximate surface area is 90.4 Å². The van der Waals surface area contributed by atoms with Gasteiger partial charge in [0.1, 0.15) is 0 Å². The predicted octanol–water partition coefficient (Wildman–Crippen LogP) is 1.49. The maximum atomic E-state index is 5.44. The monoisotopic (exact) mass is 209 g/mol. The molecule has 1 aliphatic rings. The van der Waals surface area contributed by atoms with Gasteiger partial charge in [0, 0.05) is 25.4 Å². The number of nitrogens with one attached hydrogen (secondary N) is 2. The first-order chi connectivity index (χ1) is 7.36. The molecule has 0 aromatic carbocycles. The first-order valence-electron chi connectivity index (χ1n) is 5.66. The number of aromatic amines is 1. The zero-order chi connectivity index (χ0) is 10.5. The molecule has 15 heavy (non-hydrogen) atoms. The third-order valence-electron chi connectivity index (χ3n) is 2.96. The van der Waals surface area contributed by atoms with E-state index in [2.05, 4.69) is 22.4 Å². The molecule has 1 aliphatic heterocycles. The highest BCUT2D eigenvalue weighted by Gasteiger charge is 2.15. The predicted molar refractivity (Wildman–Crippen MR) is 58.5 cm³/mol. The van der Waals surface area contributed by atoms with Crippen molar-refractivity contribution < 1.29 is 4.74 Å². The summed E-state index contributed by atoms with van der Waals surface area (Å²) in [6.07, 6.45) is 4.27. The molecule has 2 rings (SSSR count). The zero-order valence-corrected chi connectivity index (χ0v) is 9.20. The lowest BCUT2D eigenvalue weighted by atomic mass is 10.0. The van der Waals surface area contributed by atoms with Gasteiger partial charge in [-0.1, -0.05) is 0 Å². The van der Waals surface area contributed by atoms with Crippen LogP contribution < -0.4 is 5.32 Å². The van der Waals surface area contributed by atoms with E-state index in [0.29, 0.717) is 12.0 Å². The van der Waals surface area contributed by atoms with Gasteiger partial charge in [0.25, 0.3) is 0 Å². The second-order valence-electron chi connectivity index (χ2n) is 4.23. The summed E-state index contributed by atoms with van der Waals surface area (Å²) in [4.78, 5) is 0. The van der Waals surface area contributed by atoms with Crippen LogP contribution in [-0.2, 0) is 4.74 Å². The van der Waals surface area contributed by atoms with Crippen LogP contribution in [0.15, 0.2) is 12.3 Å². The van der Waals surface area contributed by atoms with E-state index >= 15 is 0 Å². The molecule has 1 aromatic heterocycles. The molecule has 84 valence electrons. The van der Waals surface area contributed by atoms with Gasteiger partial charge in [-0.2, -0.15) is 5.10 Å². The fourth-order valence-electron chi connectivity index (χ4n) is 1.93. The van der Waals surface area contributed by atoms with Gasteiger partial charge < -0.3 is 10.1 Å². The molecule has 2 atom stereocenters. The molecule has 0 saturated carbocycles. The first kappa shape index (κ1) is 10.6. The second kappa shape index (κ2) is 5.28. The third kappa shape index (κ3) is 3.04. The first-order valence-corrected chi connectivity index (χ1v) is 5.66. The van der Waals surface area contributed by atoms with Crippen LogP contribution in [0.2, 0.25) is 0 Å². The highest BCUT2D eigenvalue weighted by molar-refractivity contribution is 5.02. The lowest BCUT2D eigenvalue weighted by Gasteiger charge is -2.23. The highest BCUT2D eigenvalue weighted by atomic mass is 16.5. The van der Waals surface area contributed by atoms with Gasteiger partial charge in [-0.15, -0.1) is 0 Å². The van der Waals surface area contributed by atoms with Crippen LogP contribution >= 0.6 is 0 Å². The van der Waals surface area contributed by atoms with Crippen molar-refractivity contribution in [3.8, 4) is 0 Å². The van der Waals surface area contributed by atoms with Gasteiger partial charge in [-0.25, -0.2) is 0 Å². The number of rotatable bonds is 4. The van der Waals surface area contributed by atoms with Gasteiger partial charge in [0.05, 0.1) is 12.3 Å². The Kier molecular flexibility index (Phi) is 3.75. The van der Waals surface area contributed by atoms with Crippen LogP contribution in [0.4, 0.5) is 0 Å². The Balaban J connectivity index is 1.73. The molecule has 0 spiro atoms. The lowest BCUT2D eigenvalue weighted by Crippen LogP contribution is -2.30. The smallest absolute Gasteiger partial charge is 0.0518 e. The number of H-pyrrole nitrogens is 1. The Bertz CT molecular complexity index is 267. The largest absolute Gasteiger partial charge is 0.381 e. The number of aromatic nitrogens is 2. The normalized spacial score (nSPS) is 23.9. The van der Waals surface area contributed by atoms with E-state index in [9.17, 15) is 0 Å². The topological polar surface area (TPSA) is 49.9 Å². The minimum absolute atomic E-state index is 0.342. The van der Waals surface area contributed by atoms with Gasteiger partial charge >= 0.3 is 0 Å². The van der Waals surface area contributed by atoms with E-state index in [1.165, 1.54) is 12.8 Å². The van der Waals surface area contributed by atoms with Gasteiger partial charge in [0.15, 0.2) is 0 Å². The number of nitrogens with zero attached hydrogens (tertiary/aromatic N) is 1. The zero-order valence-electron chi connectivity index (χ0n) is 9.20. The Morgan fingerprint density at radius 3 is 3.33 bits per heavy atom. The van der Waals surface area contributed by atoms with Crippen LogP contribution in [0.3, 0.4) is 0 Å². The molecule has 1 fully saturated rings. The summed E-state index contributed by atoms with van der Waals surface area (Å²) in [5.74, 6) is 0.670. The molecule has 4 heteroatoms. The maximum absolute atomic E-state index is 5.44. The molecule has 1 aromatic rings. The Hall–Kier alpha value is -0.870. The minimum Gasteiger partial charge on any atom is -0.381 e. The van der Waals surface area contributed by atoms with E-state index in [1.54, 1.807) is 6.20 Å². The SMILES string of the molecule is CC(NCC1CCCOC1)c1ccn[nH]1. The van der Waals surface area contributed by atoms with Crippen LogP contribution in [0.1, 0.15) is 31.5 Å². The van der Waals surface area contributed by atoms with E-state index in [0.717, 1.165) is 25.5 Å². The van der Waals surface area contributed by atoms with Crippen LogP contribution in [0.5, 0.6) is 0 Å². The minimum atomic E-state index is 0.342. The molecule has 0 radical (unpaired) electrons. The van der Waals surface area contributed by atoms with Gasteiger partial charge in [-0.3, -0.25) is 5.10 Å². The van der Waals surface area contributed by atoms with Crippen molar-refractivity contribution in [2.45, 2.75) is 25.8 Å². The summed E-state index contributed by atoms with van der Waals surface area (Å²) in [5.41, 5.74) is 1.15. The number of hydrogen-bond acceptors (Lipinski definition) is 3. The Morgan fingerprint density at radius 1 is 1.73 bits per heavy atom. The number of ether oxygens (including phenoxy) is 1. The molecule has 2 unspecified atom stereocenters. The summed E-state index contributed by atoms with van der Waals surface area (Å²) in [7, 11) is 0. The molecule has 0 bridgehead atoms.